The SMILES string of the molecule is CC(Br)C(C)c1ccc2ccccc2n1. The van der Waals surface area contributed by atoms with E-state index < -0.39 is 0 Å². The summed E-state index contributed by atoms with van der Waals surface area (Å²) < 4.78 is 0. The smallest absolute Gasteiger partial charge is 0.0705 e. The van der Waals surface area contributed by atoms with E-state index in [2.05, 4.69) is 59.0 Å². The fourth-order valence-electron chi connectivity index (χ4n) is 1.57. The van der Waals surface area contributed by atoms with E-state index in [-0.39, 0.29) is 0 Å². The van der Waals surface area contributed by atoms with Crippen molar-refractivity contribution < 1.29 is 0 Å². The van der Waals surface area contributed by atoms with E-state index in [9.17, 15) is 0 Å². The normalized spacial score (nSPS) is 15.1. The van der Waals surface area contributed by atoms with E-state index in [1.807, 2.05) is 12.1 Å². The maximum absolute atomic E-state index is 4.67. The largest absolute Gasteiger partial charge is 0.253 e. The van der Waals surface area contributed by atoms with Gasteiger partial charge in [-0.25, -0.2) is 0 Å². The van der Waals surface area contributed by atoms with Crippen LogP contribution >= 0.6 is 15.9 Å². The van der Waals surface area contributed by atoms with Crippen LogP contribution in [0.1, 0.15) is 25.5 Å². The van der Waals surface area contributed by atoms with Crippen molar-refractivity contribution in [3.8, 4) is 0 Å². The van der Waals surface area contributed by atoms with Gasteiger partial charge >= 0.3 is 0 Å². The minimum absolute atomic E-state index is 0.439. The van der Waals surface area contributed by atoms with E-state index >= 15 is 0 Å². The van der Waals surface area contributed by atoms with Crippen LogP contribution in [0.5, 0.6) is 0 Å². The summed E-state index contributed by atoms with van der Waals surface area (Å²) >= 11 is 3.60. The number of pyridine rings is 1. The molecule has 1 heterocycles. The van der Waals surface area contributed by atoms with E-state index in [1.54, 1.807) is 0 Å². The lowest BCUT2D eigenvalue weighted by Gasteiger charge is -2.13. The third-order valence-corrected chi connectivity index (χ3v) is 3.57. The molecule has 0 spiro atoms. The number of para-hydroxylation sites is 1. The molecule has 0 amide bonds. The Morgan fingerprint density at radius 1 is 1.07 bits per heavy atom. The molecule has 0 saturated carbocycles. The average molecular weight is 264 g/mol. The van der Waals surface area contributed by atoms with Gasteiger partial charge in [0.2, 0.25) is 0 Å². The van der Waals surface area contributed by atoms with Crippen LogP contribution in [-0.2, 0) is 0 Å². The molecule has 15 heavy (non-hydrogen) atoms. The number of rotatable bonds is 2. The van der Waals surface area contributed by atoms with Crippen molar-refractivity contribution in [2.45, 2.75) is 24.6 Å². The molecular formula is C13H14BrN. The molecule has 2 unspecified atom stereocenters. The highest BCUT2D eigenvalue weighted by Gasteiger charge is 2.12. The Hall–Kier alpha value is -0.890. The predicted molar refractivity (Wildman–Crippen MR) is 68.5 cm³/mol. The quantitative estimate of drug-likeness (QED) is 0.743. The summed E-state index contributed by atoms with van der Waals surface area (Å²) in [6.45, 7) is 4.35. The molecule has 0 aliphatic carbocycles. The van der Waals surface area contributed by atoms with Gasteiger partial charge in [-0.15, -0.1) is 0 Å². The minimum atomic E-state index is 0.439. The number of hydrogen-bond acceptors (Lipinski definition) is 1. The molecule has 2 rings (SSSR count). The van der Waals surface area contributed by atoms with Crippen molar-refractivity contribution in [1.82, 2.24) is 4.98 Å². The summed E-state index contributed by atoms with van der Waals surface area (Å²) in [5.74, 6) is 0.439. The molecule has 1 aromatic heterocycles. The van der Waals surface area contributed by atoms with E-state index in [1.165, 1.54) is 5.39 Å². The van der Waals surface area contributed by atoms with Gasteiger partial charge < -0.3 is 0 Å². The van der Waals surface area contributed by atoms with Gasteiger partial charge in [-0.2, -0.15) is 0 Å². The maximum Gasteiger partial charge on any atom is 0.0705 e. The first-order valence-corrected chi connectivity index (χ1v) is 6.10. The van der Waals surface area contributed by atoms with Crippen molar-refractivity contribution in [3.63, 3.8) is 0 Å². The summed E-state index contributed by atoms with van der Waals surface area (Å²) in [7, 11) is 0. The molecule has 1 nitrogen and oxygen atoms in total. The van der Waals surface area contributed by atoms with Gasteiger partial charge in [0, 0.05) is 21.8 Å². The highest BCUT2D eigenvalue weighted by molar-refractivity contribution is 9.09. The molecular weight excluding hydrogens is 250 g/mol. The van der Waals surface area contributed by atoms with Gasteiger partial charge in [-0.3, -0.25) is 4.98 Å². The Morgan fingerprint density at radius 2 is 1.80 bits per heavy atom. The molecule has 0 fully saturated rings. The molecule has 0 aliphatic heterocycles. The van der Waals surface area contributed by atoms with Crippen LogP contribution in [-0.4, -0.2) is 9.81 Å². The Morgan fingerprint density at radius 3 is 2.53 bits per heavy atom. The summed E-state index contributed by atoms with van der Waals surface area (Å²) in [6.07, 6.45) is 0. The van der Waals surface area contributed by atoms with Crippen molar-refractivity contribution in [1.29, 1.82) is 0 Å². The number of halogens is 1. The maximum atomic E-state index is 4.67. The second-order valence-electron chi connectivity index (χ2n) is 3.90. The van der Waals surface area contributed by atoms with Crippen molar-refractivity contribution in [2.24, 2.45) is 0 Å². The van der Waals surface area contributed by atoms with E-state index in [0.29, 0.717) is 10.7 Å². The van der Waals surface area contributed by atoms with Crippen LogP contribution in [0.2, 0.25) is 0 Å². The molecule has 0 aliphatic rings. The topological polar surface area (TPSA) is 12.9 Å². The van der Waals surface area contributed by atoms with E-state index in [0.717, 1.165) is 11.2 Å². The zero-order valence-corrected chi connectivity index (χ0v) is 10.5. The van der Waals surface area contributed by atoms with Crippen molar-refractivity contribution in [3.05, 3.63) is 42.1 Å². The van der Waals surface area contributed by atoms with Gasteiger partial charge in [-0.05, 0) is 12.1 Å². The first kappa shape index (κ1) is 10.6. The third-order valence-electron chi connectivity index (χ3n) is 2.78. The zero-order chi connectivity index (χ0) is 10.8. The monoisotopic (exact) mass is 263 g/mol. The van der Waals surface area contributed by atoms with Gasteiger partial charge in [-0.1, -0.05) is 54.0 Å². The van der Waals surface area contributed by atoms with Gasteiger partial charge in [0.1, 0.15) is 0 Å². The van der Waals surface area contributed by atoms with Crippen molar-refractivity contribution in [2.75, 3.05) is 0 Å². The molecule has 2 aromatic rings. The minimum Gasteiger partial charge on any atom is -0.253 e. The third kappa shape index (κ3) is 2.20. The Labute approximate surface area is 98.7 Å². The summed E-state index contributed by atoms with van der Waals surface area (Å²) in [6, 6.07) is 12.5. The van der Waals surface area contributed by atoms with Crippen LogP contribution in [0.3, 0.4) is 0 Å². The van der Waals surface area contributed by atoms with Gasteiger partial charge in [0.05, 0.1) is 5.52 Å². The van der Waals surface area contributed by atoms with Crippen molar-refractivity contribution >= 4 is 26.8 Å². The Bertz CT molecular complexity index is 465. The molecule has 1 aromatic carbocycles. The summed E-state index contributed by atoms with van der Waals surface area (Å²) in [5.41, 5.74) is 2.23. The number of hydrogen-bond donors (Lipinski definition) is 0. The van der Waals surface area contributed by atoms with E-state index in [4.69, 9.17) is 0 Å². The molecule has 0 bridgehead atoms. The summed E-state index contributed by atoms with van der Waals surface area (Å²) in [4.78, 5) is 5.12. The number of nitrogens with zero attached hydrogens (tertiary/aromatic N) is 1. The highest BCUT2D eigenvalue weighted by Crippen LogP contribution is 2.24. The number of benzene rings is 1. The molecule has 2 heteroatoms. The average Bonchev–Trinajstić information content (AvgIpc) is 2.27. The molecule has 2 atom stereocenters. The molecule has 0 N–H and O–H groups in total. The fraction of sp³-hybridized carbons (Fsp3) is 0.308. The number of fused-ring (bicyclic) bond motifs is 1. The lowest BCUT2D eigenvalue weighted by molar-refractivity contribution is 0.737. The summed E-state index contributed by atoms with van der Waals surface area (Å²) in [5, 5.41) is 1.20. The number of aromatic nitrogens is 1. The van der Waals surface area contributed by atoms with Gasteiger partial charge in [0.15, 0.2) is 0 Å². The zero-order valence-electron chi connectivity index (χ0n) is 8.94. The van der Waals surface area contributed by atoms with Crippen LogP contribution in [0.25, 0.3) is 10.9 Å². The Balaban J connectivity index is 2.47. The van der Waals surface area contributed by atoms with Gasteiger partial charge in [0.25, 0.3) is 0 Å². The first-order chi connectivity index (χ1) is 7.18. The predicted octanol–water partition coefficient (Wildman–Crippen LogP) is 4.12. The molecule has 0 radical (unpaired) electrons. The first-order valence-electron chi connectivity index (χ1n) is 5.18. The second-order valence-corrected chi connectivity index (χ2v) is 5.34. The van der Waals surface area contributed by atoms with Crippen LogP contribution < -0.4 is 0 Å². The van der Waals surface area contributed by atoms with Crippen LogP contribution in [0, 0.1) is 0 Å². The second kappa shape index (κ2) is 4.31. The lowest BCUT2D eigenvalue weighted by atomic mass is 10.0. The number of alkyl halides is 1. The standard InChI is InChI=1S/C13H14BrN/c1-9(10(2)14)12-8-7-11-5-3-4-6-13(11)15-12/h3-10H,1-2H3. The molecule has 0 saturated heterocycles. The van der Waals surface area contributed by atoms with Crippen LogP contribution in [0.4, 0.5) is 0 Å². The van der Waals surface area contributed by atoms with Crippen LogP contribution in [0.15, 0.2) is 36.4 Å². The fourth-order valence-corrected chi connectivity index (χ4v) is 1.84. The lowest BCUT2D eigenvalue weighted by Crippen LogP contribution is -2.06. The Kier molecular flexibility index (Phi) is 3.06. The molecule has 78 valence electrons. The highest BCUT2D eigenvalue weighted by atomic mass is 79.9.